The van der Waals surface area contributed by atoms with Gasteiger partial charge in [-0.1, -0.05) is 18.0 Å². The second-order valence-electron chi connectivity index (χ2n) is 2.31. The summed E-state index contributed by atoms with van der Waals surface area (Å²) in [5, 5.41) is 3.65. The lowest BCUT2D eigenvalue weighted by Gasteiger charge is -1.97. The summed E-state index contributed by atoms with van der Waals surface area (Å²) in [6.07, 6.45) is 6.08. The summed E-state index contributed by atoms with van der Waals surface area (Å²) in [5.74, 6) is 3.74. The van der Waals surface area contributed by atoms with Crippen LogP contribution in [-0.2, 0) is 0 Å². The van der Waals surface area contributed by atoms with Crippen molar-refractivity contribution in [1.29, 1.82) is 0 Å². The molecule has 0 spiro atoms. The SMILES string of the molecule is C#CC(CC)c1nc(C)no1. The number of aryl methyl sites for hydroxylation is 1. The fraction of sp³-hybridized carbons (Fsp3) is 0.500. The van der Waals surface area contributed by atoms with E-state index in [4.69, 9.17) is 10.9 Å². The Bertz CT molecular complexity index is 272. The Labute approximate surface area is 65.8 Å². The van der Waals surface area contributed by atoms with E-state index in [1.54, 1.807) is 6.92 Å². The number of rotatable bonds is 2. The highest BCUT2D eigenvalue weighted by Gasteiger charge is 2.12. The lowest BCUT2D eigenvalue weighted by molar-refractivity contribution is 0.364. The van der Waals surface area contributed by atoms with Gasteiger partial charge < -0.3 is 4.52 Å². The number of hydrogen-bond acceptors (Lipinski definition) is 3. The van der Waals surface area contributed by atoms with Gasteiger partial charge >= 0.3 is 0 Å². The molecule has 3 heteroatoms. The highest BCUT2D eigenvalue weighted by molar-refractivity contribution is 5.09. The molecule has 0 aromatic carbocycles. The van der Waals surface area contributed by atoms with Crippen molar-refractivity contribution >= 4 is 0 Å². The van der Waals surface area contributed by atoms with Gasteiger partial charge in [-0.15, -0.1) is 6.42 Å². The summed E-state index contributed by atoms with van der Waals surface area (Å²) in [6.45, 7) is 3.76. The van der Waals surface area contributed by atoms with Gasteiger partial charge in [-0.2, -0.15) is 4.98 Å². The van der Waals surface area contributed by atoms with Gasteiger partial charge in [0.1, 0.15) is 0 Å². The van der Waals surface area contributed by atoms with Crippen LogP contribution in [0.4, 0.5) is 0 Å². The van der Waals surface area contributed by atoms with Gasteiger partial charge in [-0.25, -0.2) is 0 Å². The van der Waals surface area contributed by atoms with Crippen LogP contribution < -0.4 is 0 Å². The summed E-state index contributed by atoms with van der Waals surface area (Å²) >= 11 is 0. The molecule has 1 aromatic heterocycles. The molecule has 1 rings (SSSR count). The molecule has 1 heterocycles. The van der Waals surface area contributed by atoms with Crippen LogP contribution in [-0.4, -0.2) is 10.1 Å². The molecule has 0 radical (unpaired) electrons. The smallest absolute Gasteiger partial charge is 0.241 e. The molecule has 1 unspecified atom stereocenters. The van der Waals surface area contributed by atoms with Crippen molar-refractivity contribution < 1.29 is 4.52 Å². The second-order valence-corrected chi connectivity index (χ2v) is 2.31. The van der Waals surface area contributed by atoms with Crippen molar-refractivity contribution in [3.8, 4) is 12.3 Å². The molecular weight excluding hydrogens is 140 g/mol. The van der Waals surface area contributed by atoms with Crippen LogP contribution >= 0.6 is 0 Å². The van der Waals surface area contributed by atoms with Crippen LogP contribution in [0.15, 0.2) is 4.52 Å². The number of terminal acetylenes is 1. The molecule has 0 bridgehead atoms. The molecule has 0 aliphatic carbocycles. The van der Waals surface area contributed by atoms with Crippen LogP contribution in [0.3, 0.4) is 0 Å². The number of nitrogens with zero attached hydrogens (tertiary/aromatic N) is 2. The van der Waals surface area contributed by atoms with E-state index < -0.39 is 0 Å². The molecule has 11 heavy (non-hydrogen) atoms. The minimum atomic E-state index is -0.0313. The maximum Gasteiger partial charge on any atom is 0.241 e. The zero-order valence-corrected chi connectivity index (χ0v) is 6.66. The molecule has 1 aromatic rings. The summed E-state index contributed by atoms with van der Waals surface area (Å²) in [7, 11) is 0. The third kappa shape index (κ3) is 1.58. The Morgan fingerprint density at radius 3 is 2.82 bits per heavy atom. The van der Waals surface area contributed by atoms with Gasteiger partial charge in [0.2, 0.25) is 5.89 Å². The molecule has 0 saturated heterocycles. The van der Waals surface area contributed by atoms with E-state index in [9.17, 15) is 0 Å². The van der Waals surface area contributed by atoms with Crippen LogP contribution in [0, 0.1) is 19.3 Å². The summed E-state index contributed by atoms with van der Waals surface area (Å²) in [6, 6.07) is 0. The zero-order chi connectivity index (χ0) is 8.27. The van der Waals surface area contributed by atoms with Gasteiger partial charge in [-0.05, 0) is 13.3 Å². The van der Waals surface area contributed by atoms with Crippen LogP contribution in [0.5, 0.6) is 0 Å². The fourth-order valence-electron chi connectivity index (χ4n) is 0.818. The van der Waals surface area contributed by atoms with Gasteiger partial charge in [-0.3, -0.25) is 0 Å². The Hall–Kier alpha value is -1.30. The first kappa shape index (κ1) is 7.80. The molecule has 58 valence electrons. The van der Waals surface area contributed by atoms with Crippen molar-refractivity contribution in [2.75, 3.05) is 0 Å². The van der Waals surface area contributed by atoms with Crippen molar-refractivity contribution in [2.45, 2.75) is 26.2 Å². The predicted molar refractivity (Wildman–Crippen MR) is 40.9 cm³/mol. The molecule has 0 saturated carbocycles. The molecule has 0 N–H and O–H groups in total. The van der Waals surface area contributed by atoms with Crippen LogP contribution in [0.25, 0.3) is 0 Å². The highest BCUT2D eigenvalue weighted by Crippen LogP contribution is 2.15. The topological polar surface area (TPSA) is 38.9 Å². The first-order valence-corrected chi connectivity index (χ1v) is 3.54. The molecule has 1 atom stereocenters. The van der Waals surface area contributed by atoms with Crippen molar-refractivity contribution in [2.24, 2.45) is 0 Å². The quantitative estimate of drug-likeness (QED) is 0.600. The molecule has 3 nitrogen and oxygen atoms in total. The average Bonchev–Trinajstić information content (AvgIpc) is 2.39. The zero-order valence-electron chi connectivity index (χ0n) is 6.66. The third-order valence-electron chi connectivity index (χ3n) is 1.45. The minimum Gasteiger partial charge on any atom is -0.338 e. The lowest BCUT2D eigenvalue weighted by atomic mass is 10.1. The van der Waals surface area contributed by atoms with Gasteiger partial charge in [0.15, 0.2) is 5.82 Å². The minimum absolute atomic E-state index is 0.0313. The Morgan fingerprint density at radius 2 is 2.45 bits per heavy atom. The Balaban J connectivity index is 2.84. The van der Waals surface area contributed by atoms with Crippen LogP contribution in [0.2, 0.25) is 0 Å². The molecule has 0 fully saturated rings. The lowest BCUT2D eigenvalue weighted by Crippen LogP contribution is -1.93. The monoisotopic (exact) mass is 150 g/mol. The van der Waals surface area contributed by atoms with E-state index >= 15 is 0 Å². The maximum atomic E-state index is 5.25. The van der Waals surface area contributed by atoms with E-state index in [0.717, 1.165) is 6.42 Å². The van der Waals surface area contributed by atoms with Crippen molar-refractivity contribution in [3.05, 3.63) is 11.7 Å². The normalized spacial score (nSPS) is 12.5. The van der Waals surface area contributed by atoms with Gasteiger partial charge in [0.25, 0.3) is 0 Å². The van der Waals surface area contributed by atoms with Crippen LogP contribution in [0.1, 0.15) is 31.0 Å². The van der Waals surface area contributed by atoms with E-state index in [1.165, 1.54) is 0 Å². The molecule has 0 aliphatic heterocycles. The fourth-order valence-corrected chi connectivity index (χ4v) is 0.818. The van der Waals surface area contributed by atoms with Gasteiger partial charge in [0.05, 0.1) is 5.92 Å². The van der Waals surface area contributed by atoms with E-state index in [2.05, 4.69) is 16.1 Å². The summed E-state index contributed by atoms with van der Waals surface area (Å²) < 4.78 is 4.90. The predicted octanol–water partition coefficient (Wildman–Crippen LogP) is 1.50. The first-order valence-electron chi connectivity index (χ1n) is 3.54. The molecular formula is C8H10N2O. The largest absolute Gasteiger partial charge is 0.338 e. The van der Waals surface area contributed by atoms with E-state index in [0.29, 0.717) is 11.7 Å². The van der Waals surface area contributed by atoms with E-state index in [1.807, 2.05) is 6.92 Å². The first-order chi connectivity index (χ1) is 5.27. The van der Waals surface area contributed by atoms with Crippen molar-refractivity contribution in [1.82, 2.24) is 10.1 Å². The molecule has 0 amide bonds. The molecule has 0 aliphatic rings. The Kier molecular flexibility index (Phi) is 2.27. The summed E-state index contributed by atoms with van der Waals surface area (Å²) in [5.41, 5.74) is 0. The standard InChI is InChI=1S/C8H10N2O/c1-4-7(5-2)8-9-6(3)10-11-8/h1,7H,5H2,2-3H3. The third-order valence-corrected chi connectivity index (χ3v) is 1.45. The maximum absolute atomic E-state index is 5.25. The van der Waals surface area contributed by atoms with E-state index in [-0.39, 0.29) is 5.92 Å². The Morgan fingerprint density at radius 1 is 1.73 bits per heavy atom. The summed E-state index contributed by atoms with van der Waals surface area (Å²) in [4.78, 5) is 4.03. The van der Waals surface area contributed by atoms with Crippen molar-refractivity contribution in [3.63, 3.8) is 0 Å². The second kappa shape index (κ2) is 3.20. The number of aromatic nitrogens is 2. The average molecular weight is 150 g/mol. The van der Waals surface area contributed by atoms with Gasteiger partial charge in [0, 0.05) is 0 Å². The highest BCUT2D eigenvalue weighted by atomic mass is 16.5. The number of hydrogen-bond donors (Lipinski definition) is 0.